The lowest BCUT2D eigenvalue weighted by Crippen LogP contribution is -2.47. The Bertz CT molecular complexity index is 1120. The second-order valence-corrected chi connectivity index (χ2v) is 8.32. The van der Waals surface area contributed by atoms with Crippen LogP contribution in [0.3, 0.4) is 0 Å². The minimum absolute atomic E-state index is 0.0586. The molecule has 2 heterocycles. The number of carbonyl (C=O) groups is 1. The van der Waals surface area contributed by atoms with Crippen LogP contribution in [0.15, 0.2) is 72.9 Å². The molecule has 0 bridgehead atoms. The van der Waals surface area contributed by atoms with Gasteiger partial charge < -0.3 is 10.2 Å². The van der Waals surface area contributed by atoms with E-state index < -0.39 is 17.8 Å². The number of amides is 2. The van der Waals surface area contributed by atoms with Gasteiger partial charge in [-0.25, -0.2) is 4.79 Å². The van der Waals surface area contributed by atoms with Crippen LogP contribution in [0.1, 0.15) is 46.3 Å². The van der Waals surface area contributed by atoms with E-state index in [2.05, 4.69) is 22.4 Å². The molecule has 32 heavy (non-hydrogen) atoms. The predicted octanol–water partition coefficient (Wildman–Crippen LogP) is 5.31. The van der Waals surface area contributed by atoms with Gasteiger partial charge in [0.25, 0.3) is 0 Å². The van der Waals surface area contributed by atoms with E-state index in [1.54, 1.807) is 11.1 Å². The second kappa shape index (κ2) is 7.97. The fraction of sp³-hybridized carbons (Fsp3) is 0.280. The molecule has 1 aromatic heterocycles. The zero-order chi connectivity index (χ0) is 22.3. The number of urea groups is 1. The highest BCUT2D eigenvalue weighted by atomic mass is 19.4. The van der Waals surface area contributed by atoms with Gasteiger partial charge in [0.15, 0.2) is 0 Å². The monoisotopic (exact) mass is 437 g/mol. The van der Waals surface area contributed by atoms with Gasteiger partial charge in [0, 0.05) is 24.7 Å². The molecule has 1 saturated carbocycles. The Hall–Kier alpha value is -3.35. The van der Waals surface area contributed by atoms with E-state index >= 15 is 0 Å². The maximum absolute atomic E-state index is 13.3. The predicted molar refractivity (Wildman–Crippen MR) is 114 cm³/mol. The number of rotatable bonds is 3. The second-order valence-electron chi connectivity index (χ2n) is 8.32. The average Bonchev–Trinajstić information content (AvgIpc) is 3.57. The van der Waals surface area contributed by atoms with E-state index in [9.17, 15) is 18.0 Å². The van der Waals surface area contributed by atoms with Crippen LogP contribution in [0.4, 0.5) is 18.0 Å². The minimum Gasteiger partial charge on any atom is -0.335 e. The quantitative estimate of drug-likeness (QED) is 0.603. The Morgan fingerprint density at radius 2 is 1.72 bits per heavy atom. The van der Waals surface area contributed by atoms with Gasteiger partial charge >= 0.3 is 12.2 Å². The van der Waals surface area contributed by atoms with Crippen LogP contribution in [0.5, 0.6) is 0 Å². The van der Waals surface area contributed by atoms with Crippen LogP contribution >= 0.6 is 0 Å². The zero-order valence-electron chi connectivity index (χ0n) is 17.2. The molecule has 1 aliphatic heterocycles. The SMILES string of the molecule is O=C(N[C@H]1C[C@H]1c1ccccc1)N1CCc2cccnc2[C@H]1c1ccc(C(F)(F)F)cc1. The van der Waals surface area contributed by atoms with Crippen LogP contribution in [-0.2, 0) is 12.6 Å². The van der Waals surface area contributed by atoms with E-state index in [1.807, 2.05) is 30.3 Å². The fourth-order valence-corrected chi connectivity index (χ4v) is 4.50. The van der Waals surface area contributed by atoms with Crippen LogP contribution in [0.2, 0.25) is 0 Å². The van der Waals surface area contributed by atoms with Gasteiger partial charge in [-0.05, 0) is 47.7 Å². The molecule has 4 nitrogen and oxygen atoms in total. The van der Waals surface area contributed by atoms with Crippen molar-refractivity contribution in [2.45, 2.75) is 37.0 Å². The third kappa shape index (κ3) is 3.95. The summed E-state index contributed by atoms with van der Waals surface area (Å²) in [5.74, 6) is 0.292. The first-order valence-corrected chi connectivity index (χ1v) is 10.6. The highest BCUT2D eigenvalue weighted by Gasteiger charge is 2.42. The summed E-state index contributed by atoms with van der Waals surface area (Å²) in [4.78, 5) is 19.4. The number of nitrogens with zero attached hydrogens (tertiary/aromatic N) is 2. The molecular formula is C25H22F3N3O. The van der Waals surface area contributed by atoms with Gasteiger partial charge in [0.05, 0.1) is 11.3 Å². The third-order valence-corrected chi connectivity index (χ3v) is 6.26. The lowest BCUT2D eigenvalue weighted by atomic mass is 9.92. The maximum atomic E-state index is 13.3. The number of alkyl halides is 3. The molecule has 5 rings (SSSR count). The molecule has 2 amide bonds. The van der Waals surface area contributed by atoms with Crippen molar-refractivity contribution in [3.63, 3.8) is 0 Å². The number of benzene rings is 2. The van der Waals surface area contributed by atoms with Gasteiger partial charge in [-0.1, -0.05) is 48.5 Å². The number of aromatic nitrogens is 1. The molecular weight excluding hydrogens is 415 g/mol. The minimum atomic E-state index is -4.41. The Morgan fingerprint density at radius 3 is 2.44 bits per heavy atom. The summed E-state index contributed by atoms with van der Waals surface area (Å²) in [6.07, 6.45) is -1.22. The zero-order valence-corrected chi connectivity index (χ0v) is 17.2. The normalized spacial score (nSPS) is 22.2. The lowest BCUT2D eigenvalue weighted by Gasteiger charge is -2.37. The molecule has 3 atom stereocenters. The largest absolute Gasteiger partial charge is 0.416 e. The van der Waals surface area contributed by atoms with Crippen molar-refractivity contribution >= 4 is 6.03 Å². The maximum Gasteiger partial charge on any atom is 0.416 e. The van der Waals surface area contributed by atoms with Gasteiger partial charge in [0.2, 0.25) is 0 Å². The van der Waals surface area contributed by atoms with Gasteiger partial charge in [-0.2, -0.15) is 13.2 Å². The summed E-state index contributed by atoms with van der Waals surface area (Å²) in [5, 5.41) is 3.12. The van der Waals surface area contributed by atoms with E-state index in [4.69, 9.17) is 0 Å². The third-order valence-electron chi connectivity index (χ3n) is 6.26. The molecule has 3 aromatic rings. The highest BCUT2D eigenvalue weighted by molar-refractivity contribution is 5.77. The summed E-state index contributed by atoms with van der Waals surface area (Å²) >= 11 is 0. The molecule has 1 aliphatic carbocycles. The molecule has 1 fully saturated rings. The fourth-order valence-electron chi connectivity index (χ4n) is 4.50. The Labute approximate surface area is 184 Å². The lowest BCUT2D eigenvalue weighted by molar-refractivity contribution is -0.137. The van der Waals surface area contributed by atoms with E-state index in [0.29, 0.717) is 30.1 Å². The number of hydrogen-bond acceptors (Lipinski definition) is 2. The van der Waals surface area contributed by atoms with Crippen molar-refractivity contribution in [2.24, 2.45) is 0 Å². The van der Waals surface area contributed by atoms with Gasteiger partial charge in [0.1, 0.15) is 6.04 Å². The van der Waals surface area contributed by atoms with E-state index in [0.717, 1.165) is 24.1 Å². The Balaban J connectivity index is 1.40. The summed E-state index contributed by atoms with van der Waals surface area (Å²) in [5.41, 5.74) is 2.82. The highest BCUT2D eigenvalue weighted by Crippen LogP contribution is 2.41. The summed E-state index contributed by atoms with van der Waals surface area (Å²) < 4.78 is 39.1. The Kier molecular flexibility index (Phi) is 5.12. The first-order valence-electron chi connectivity index (χ1n) is 10.6. The molecule has 0 saturated heterocycles. The van der Waals surface area contributed by atoms with Crippen molar-refractivity contribution in [3.8, 4) is 0 Å². The number of carbonyl (C=O) groups excluding carboxylic acids is 1. The number of halogens is 3. The van der Waals surface area contributed by atoms with Crippen LogP contribution in [-0.4, -0.2) is 28.5 Å². The van der Waals surface area contributed by atoms with E-state index in [1.165, 1.54) is 17.7 Å². The number of nitrogens with one attached hydrogen (secondary N) is 1. The standard InChI is InChI=1S/C25H22F3N3O/c26-25(27,28)19-10-8-18(9-11-19)23-22-17(7-4-13-29-22)12-14-31(23)24(32)30-21-15-20(21)16-5-2-1-3-6-16/h1-11,13,20-21,23H,12,14-15H2,(H,30,32)/t20-,21-,23+/m0/s1. The number of fused-ring (bicyclic) bond motifs is 1. The number of pyridine rings is 1. The molecule has 0 unspecified atom stereocenters. The van der Waals surface area contributed by atoms with Gasteiger partial charge in [-0.3, -0.25) is 4.98 Å². The van der Waals surface area contributed by atoms with Crippen molar-refractivity contribution in [2.75, 3.05) is 6.54 Å². The average molecular weight is 437 g/mol. The molecule has 2 aromatic carbocycles. The van der Waals surface area contributed by atoms with Crippen LogP contribution in [0, 0.1) is 0 Å². The molecule has 7 heteroatoms. The summed E-state index contributed by atoms with van der Waals surface area (Å²) in [6.45, 7) is 0.471. The first kappa shape index (κ1) is 20.5. The molecule has 0 radical (unpaired) electrons. The topological polar surface area (TPSA) is 45.2 Å². The van der Waals surface area contributed by atoms with Crippen molar-refractivity contribution in [1.82, 2.24) is 15.2 Å². The molecule has 2 aliphatic rings. The molecule has 0 spiro atoms. The van der Waals surface area contributed by atoms with E-state index in [-0.39, 0.29) is 12.1 Å². The van der Waals surface area contributed by atoms with Gasteiger partial charge in [-0.15, -0.1) is 0 Å². The molecule has 164 valence electrons. The summed E-state index contributed by atoms with van der Waals surface area (Å²) in [7, 11) is 0. The van der Waals surface area contributed by atoms with Crippen molar-refractivity contribution in [3.05, 3.63) is 101 Å². The Morgan fingerprint density at radius 1 is 0.969 bits per heavy atom. The van der Waals surface area contributed by atoms with Crippen LogP contribution < -0.4 is 5.32 Å². The molecule has 1 N–H and O–H groups in total. The smallest absolute Gasteiger partial charge is 0.335 e. The summed E-state index contributed by atoms with van der Waals surface area (Å²) in [6, 6.07) is 18.2. The van der Waals surface area contributed by atoms with Crippen molar-refractivity contribution < 1.29 is 18.0 Å². The van der Waals surface area contributed by atoms with Crippen LogP contribution in [0.25, 0.3) is 0 Å². The number of hydrogen-bond donors (Lipinski definition) is 1. The van der Waals surface area contributed by atoms with Crippen molar-refractivity contribution in [1.29, 1.82) is 0 Å². The first-order chi connectivity index (χ1) is 15.4.